The van der Waals surface area contributed by atoms with E-state index in [1.54, 1.807) is 30.5 Å². The smallest absolute Gasteiger partial charge is 0.339 e. The number of halogens is 1. The third-order valence-electron chi connectivity index (χ3n) is 2.72. The molecule has 100 valence electrons. The largest absolute Gasteiger partial charge is 0.478 e. The van der Waals surface area contributed by atoms with Gasteiger partial charge in [0.25, 0.3) is 0 Å². The van der Waals surface area contributed by atoms with Crippen molar-refractivity contribution >= 4 is 32.9 Å². The predicted molar refractivity (Wildman–Crippen MR) is 75.2 cm³/mol. The lowest BCUT2D eigenvalue weighted by Crippen LogP contribution is -2.00. The van der Waals surface area contributed by atoms with Crippen molar-refractivity contribution in [2.24, 2.45) is 0 Å². The van der Waals surface area contributed by atoms with Crippen molar-refractivity contribution in [3.63, 3.8) is 0 Å². The van der Waals surface area contributed by atoms with Gasteiger partial charge in [0.05, 0.1) is 11.6 Å². The fraction of sp³-hybridized carbons (Fsp3) is 0. The van der Waals surface area contributed by atoms with Crippen molar-refractivity contribution in [1.29, 1.82) is 0 Å². The first kappa shape index (κ1) is 12.7. The van der Waals surface area contributed by atoms with Crippen LogP contribution in [0.15, 0.2) is 51.7 Å². The van der Waals surface area contributed by atoms with Gasteiger partial charge < -0.3 is 14.3 Å². The number of nitrogens with zero attached hydrogens (tertiary/aromatic N) is 1. The predicted octanol–water partition coefficient (Wildman–Crippen LogP) is 4.08. The van der Waals surface area contributed by atoms with Crippen LogP contribution in [0.1, 0.15) is 10.4 Å². The zero-order chi connectivity index (χ0) is 14.1. The highest BCUT2D eigenvalue weighted by atomic mass is 79.9. The van der Waals surface area contributed by atoms with Gasteiger partial charge >= 0.3 is 5.97 Å². The van der Waals surface area contributed by atoms with Crippen molar-refractivity contribution in [2.75, 3.05) is 0 Å². The topological polar surface area (TPSA) is 72.6 Å². The number of carbonyl (C=O) groups is 1. The molecule has 0 aliphatic heterocycles. The van der Waals surface area contributed by atoms with Crippen LogP contribution in [-0.4, -0.2) is 16.1 Å². The van der Waals surface area contributed by atoms with E-state index in [1.165, 1.54) is 12.3 Å². The maximum absolute atomic E-state index is 11.2. The fourth-order valence-electron chi connectivity index (χ4n) is 1.81. The van der Waals surface area contributed by atoms with Crippen LogP contribution in [0, 0.1) is 0 Å². The van der Waals surface area contributed by atoms with Gasteiger partial charge in [-0.3, -0.25) is 0 Å². The van der Waals surface area contributed by atoms with Gasteiger partial charge in [-0.15, -0.1) is 0 Å². The maximum Gasteiger partial charge on any atom is 0.339 e. The van der Waals surface area contributed by atoms with Crippen molar-refractivity contribution in [1.82, 2.24) is 4.98 Å². The number of benzene rings is 1. The Hall–Kier alpha value is -2.34. The normalized spacial score (nSPS) is 10.7. The maximum atomic E-state index is 11.2. The molecule has 20 heavy (non-hydrogen) atoms. The number of pyridine rings is 1. The molecule has 1 aromatic carbocycles. The number of aromatic carboxylic acids is 1. The lowest BCUT2D eigenvalue weighted by Gasteiger charge is -2.08. The molecule has 0 bridgehead atoms. The number of furan rings is 1. The van der Waals surface area contributed by atoms with Crippen LogP contribution < -0.4 is 4.74 Å². The molecule has 3 rings (SSSR count). The molecule has 0 radical (unpaired) electrons. The number of hydrogen-bond donors (Lipinski definition) is 1. The van der Waals surface area contributed by atoms with Crippen LogP contribution in [0.4, 0.5) is 0 Å². The van der Waals surface area contributed by atoms with Crippen LogP contribution >= 0.6 is 15.9 Å². The minimum atomic E-state index is -1.07. The summed E-state index contributed by atoms with van der Waals surface area (Å²) in [5.41, 5.74) is 0.686. The first-order chi connectivity index (χ1) is 9.65. The number of hydrogen-bond acceptors (Lipinski definition) is 4. The third kappa shape index (κ3) is 2.25. The molecule has 0 aliphatic rings. The zero-order valence-electron chi connectivity index (χ0n) is 10.0. The lowest BCUT2D eigenvalue weighted by atomic mass is 10.2. The molecule has 2 aromatic heterocycles. The van der Waals surface area contributed by atoms with E-state index in [2.05, 4.69) is 20.9 Å². The average molecular weight is 334 g/mol. The van der Waals surface area contributed by atoms with E-state index in [-0.39, 0.29) is 11.3 Å². The number of ether oxygens (including phenoxy) is 1. The Morgan fingerprint density at radius 3 is 2.95 bits per heavy atom. The summed E-state index contributed by atoms with van der Waals surface area (Å²) in [6.07, 6.45) is 3.07. The van der Waals surface area contributed by atoms with Crippen LogP contribution in [0.2, 0.25) is 0 Å². The molecule has 0 unspecified atom stereocenters. The molecule has 0 spiro atoms. The summed E-state index contributed by atoms with van der Waals surface area (Å²) in [6, 6.07) is 8.19. The highest BCUT2D eigenvalue weighted by Gasteiger charge is 2.15. The summed E-state index contributed by atoms with van der Waals surface area (Å²) in [5.74, 6) is -0.538. The van der Waals surface area contributed by atoms with Crippen molar-refractivity contribution in [3.8, 4) is 11.6 Å². The highest BCUT2D eigenvalue weighted by molar-refractivity contribution is 9.10. The van der Waals surface area contributed by atoms with Gasteiger partial charge in [0.2, 0.25) is 5.88 Å². The van der Waals surface area contributed by atoms with Crippen molar-refractivity contribution < 1.29 is 19.1 Å². The molecule has 0 aliphatic carbocycles. The average Bonchev–Trinajstić information content (AvgIpc) is 2.90. The van der Waals surface area contributed by atoms with Gasteiger partial charge in [-0.25, -0.2) is 9.78 Å². The molecule has 0 atom stereocenters. The Morgan fingerprint density at radius 1 is 1.30 bits per heavy atom. The Balaban J connectivity index is 2.07. The van der Waals surface area contributed by atoms with E-state index in [4.69, 9.17) is 9.15 Å². The fourth-order valence-corrected chi connectivity index (χ4v) is 2.17. The van der Waals surface area contributed by atoms with Crippen molar-refractivity contribution in [2.45, 2.75) is 0 Å². The molecule has 3 aromatic rings. The Kier molecular flexibility index (Phi) is 3.15. The molecule has 1 N–H and O–H groups in total. The summed E-state index contributed by atoms with van der Waals surface area (Å²) < 4.78 is 11.5. The van der Waals surface area contributed by atoms with E-state index in [0.29, 0.717) is 21.3 Å². The molecule has 0 saturated carbocycles. The number of carboxylic acid groups (broad SMARTS) is 1. The summed E-state index contributed by atoms with van der Waals surface area (Å²) in [4.78, 5) is 15.3. The molecule has 2 heterocycles. The van der Waals surface area contributed by atoms with Gasteiger partial charge in [-0.2, -0.15) is 0 Å². The Labute approximate surface area is 121 Å². The first-order valence-corrected chi connectivity index (χ1v) is 6.47. The summed E-state index contributed by atoms with van der Waals surface area (Å²) >= 11 is 3.23. The molecule has 5 nitrogen and oxygen atoms in total. The SMILES string of the molecule is O=C(O)c1cc(Br)ccc1Oc1nccc2occc12. The summed E-state index contributed by atoms with van der Waals surface area (Å²) in [6.45, 7) is 0. The Morgan fingerprint density at radius 2 is 2.15 bits per heavy atom. The van der Waals surface area contributed by atoms with E-state index in [1.807, 2.05) is 0 Å². The molecule has 0 amide bonds. The first-order valence-electron chi connectivity index (χ1n) is 5.68. The minimum Gasteiger partial charge on any atom is -0.478 e. The number of aromatic nitrogens is 1. The number of rotatable bonds is 3. The zero-order valence-corrected chi connectivity index (χ0v) is 11.6. The second kappa shape index (κ2) is 4.97. The highest BCUT2D eigenvalue weighted by Crippen LogP contribution is 2.31. The third-order valence-corrected chi connectivity index (χ3v) is 3.22. The van der Waals surface area contributed by atoms with Gasteiger partial charge in [0.15, 0.2) is 0 Å². The monoisotopic (exact) mass is 333 g/mol. The van der Waals surface area contributed by atoms with Gasteiger partial charge in [0, 0.05) is 10.7 Å². The number of fused-ring (bicyclic) bond motifs is 1. The van der Waals surface area contributed by atoms with E-state index >= 15 is 0 Å². The minimum absolute atomic E-state index is 0.0571. The van der Waals surface area contributed by atoms with Crippen LogP contribution in [-0.2, 0) is 0 Å². The molecular formula is C14H8BrNO4. The van der Waals surface area contributed by atoms with Gasteiger partial charge in [0.1, 0.15) is 16.9 Å². The molecule has 0 saturated heterocycles. The second-order valence-electron chi connectivity index (χ2n) is 4.00. The summed E-state index contributed by atoms with van der Waals surface area (Å²) in [5, 5.41) is 9.89. The van der Waals surface area contributed by atoms with Gasteiger partial charge in [-0.05, 0) is 30.3 Å². The standard InChI is InChI=1S/C14H8BrNO4/c15-8-1-2-12(10(7-8)14(17)18)20-13-9-4-6-19-11(9)3-5-16-13/h1-7H,(H,17,18). The number of carboxylic acids is 1. The van der Waals surface area contributed by atoms with Crippen LogP contribution in [0.25, 0.3) is 11.0 Å². The van der Waals surface area contributed by atoms with Crippen LogP contribution in [0.5, 0.6) is 11.6 Å². The van der Waals surface area contributed by atoms with E-state index < -0.39 is 5.97 Å². The molecular weight excluding hydrogens is 326 g/mol. The van der Waals surface area contributed by atoms with E-state index in [0.717, 1.165) is 0 Å². The van der Waals surface area contributed by atoms with Crippen LogP contribution in [0.3, 0.4) is 0 Å². The summed E-state index contributed by atoms with van der Waals surface area (Å²) in [7, 11) is 0. The lowest BCUT2D eigenvalue weighted by molar-refractivity contribution is 0.0694. The molecule has 0 fully saturated rings. The van der Waals surface area contributed by atoms with Crippen molar-refractivity contribution in [3.05, 3.63) is 52.8 Å². The van der Waals surface area contributed by atoms with E-state index in [9.17, 15) is 9.90 Å². The molecule has 6 heteroatoms. The Bertz CT molecular complexity index is 797. The second-order valence-corrected chi connectivity index (χ2v) is 4.91. The quantitative estimate of drug-likeness (QED) is 0.781. The van der Waals surface area contributed by atoms with Gasteiger partial charge in [-0.1, -0.05) is 15.9 Å².